The second kappa shape index (κ2) is 7.28. The molecule has 21 heavy (non-hydrogen) atoms. The van der Waals surface area contributed by atoms with Gasteiger partial charge in [-0.3, -0.25) is 0 Å². The van der Waals surface area contributed by atoms with Gasteiger partial charge in [0.25, 0.3) is 0 Å². The van der Waals surface area contributed by atoms with E-state index in [1.165, 1.54) is 11.1 Å². The summed E-state index contributed by atoms with van der Waals surface area (Å²) in [5.41, 5.74) is 2.70. The van der Waals surface area contributed by atoms with Crippen LogP contribution >= 0.6 is 0 Å². The van der Waals surface area contributed by atoms with Crippen molar-refractivity contribution in [3.05, 3.63) is 29.3 Å². The highest BCUT2D eigenvalue weighted by Gasteiger charge is 2.27. The first-order chi connectivity index (χ1) is 9.95. The number of rotatable bonds is 7. The van der Waals surface area contributed by atoms with Crippen LogP contribution in [0.15, 0.2) is 18.2 Å². The van der Waals surface area contributed by atoms with Crippen molar-refractivity contribution in [3.63, 3.8) is 0 Å². The van der Waals surface area contributed by atoms with Gasteiger partial charge in [0.15, 0.2) is 0 Å². The van der Waals surface area contributed by atoms with E-state index >= 15 is 0 Å². The Morgan fingerprint density at radius 1 is 1.33 bits per heavy atom. The number of hydrogen-bond acceptors (Lipinski definition) is 3. The van der Waals surface area contributed by atoms with Crippen molar-refractivity contribution in [2.75, 3.05) is 26.7 Å². The average molecular weight is 291 g/mol. The topological polar surface area (TPSA) is 32.7 Å². The first kappa shape index (κ1) is 16.3. The first-order valence-electron chi connectivity index (χ1n) is 8.05. The maximum atomic E-state index is 9.30. The number of aliphatic hydroxyl groups is 1. The van der Waals surface area contributed by atoms with E-state index in [1.54, 1.807) is 0 Å². The predicted molar refractivity (Wildman–Crippen MR) is 87.0 cm³/mol. The van der Waals surface area contributed by atoms with Crippen LogP contribution in [0, 0.1) is 12.8 Å². The zero-order valence-corrected chi connectivity index (χ0v) is 13.8. The molecule has 0 spiro atoms. The Bertz CT molecular complexity index is 453. The van der Waals surface area contributed by atoms with E-state index in [4.69, 9.17) is 4.74 Å². The maximum absolute atomic E-state index is 9.30. The second-order valence-electron chi connectivity index (χ2n) is 6.78. The molecule has 1 N–H and O–H groups in total. The number of aliphatic hydroxyl groups excluding tert-OH is 1. The Kier molecular flexibility index (Phi) is 5.65. The quantitative estimate of drug-likeness (QED) is 0.837. The highest BCUT2D eigenvalue weighted by atomic mass is 16.5. The van der Waals surface area contributed by atoms with Crippen LogP contribution in [-0.4, -0.2) is 42.9 Å². The molecule has 2 rings (SSSR count). The van der Waals surface area contributed by atoms with Crippen LogP contribution in [0.3, 0.4) is 0 Å². The van der Waals surface area contributed by atoms with Crippen LogP contribution in [0.25, 0.3) is 0 Å². The van der Waals surface area contributed by atoms with Crippen LogP contribution in [0.5, 0.6) is 5.75 Å². The summed E-state index contributed by atoms with van der Waals surface area (Å²) in [7, 11) is 2.13. The number of nitrogens with zero attached hydrogens (tertiary/aromatic N) is 1. The third-order valence-corrected chi connectivity index (χ3v) is 4.39. The molecule has 1 aliphatic carbocycles. The van der Waals surface area contributed by atoms with E-state index in [2.05, 4.69) is 50.9 Å². The third kappa shape index (κ3) is 4.72. The summed E-state index contributed by atoms with van der Waals surface area (Å²) in [5.74, 6) is 2.19. The molecule has 0 unspecified atom stereocenters. The summed E-state index contributed by atoms with van der Waals surface area (Å²) in [6.07, 6.45) is 1.87. The lowest BCUT2D eigenvalue weighted by atomic mass is 9.82. The van der Waals surface area contributed by atoms with Crippen molar-refractivity contribution in [2.45, 2.75) is 45.6 Å². The summed E-state index contributed by atoms with van der Waals surface area (Å²) < 4.78 is 5.86. The fraction of sp³-hybridized carbons (Fsp3) is 0.667. The number of aryl methyl sites for hydroxylation is 1. The van der Waals surface area contributed by atoms with Gasteiger partial charge in [-0.1, -0.05) is 19.9 Å². The molecule has 0 bridgehead atoms. The molecule has 1 fully saturated rings. The lowest BCUT2D eigenvalue weighted by molar-refractivity contribution is 0.0269. The molecule has 0 atom stereocenters. The number of hydrogen-bond donors (Lipinski definition) is 1. The normalized spacial score (nSPS) is 21.7. The van der Waals surface area contributed by atoms with Crippen LogP contribution in [0.4, 0.5) is 0 Å². The van der Waals surface area contributed by atoms with Gasteiger partial charge in [-0.2, -0.15) is 0 Å². The van der Waals surface area contributed by atoms with Gasteiger partial charge in [-0.05, 0) is 61.9 Å². The third-order valence-electron chi connectivity index (χ3n) is 4.39. The minimum atomic E-state index is -0.0536. The Balaban J connectivity index is 1.71. The molecule has 0 aromatic heterocycles. The molecule has 118 valence electrons. The molecule has 3 heteroatoms. The van der Waals surface area contributed by atoms with E-state index in [1.807, 2.05) is 0 Å². The molecule has 1 saturated carbocycles. The Morgan fingerprint density at radius 3 is 2.62 bits per heavy atom. The monoisotopic (exact) mass is 291 g/mol. The zero-order valence-electron chi connectivity index (χ0n) is 13.8. The van der Waals surface area contributed by atoms with Crippen LogP contribution < -0.4 is 4.74 Å². The van der Waals surface area contributed by atoms with Gasteiger partial charge in [-0.15, -0.1) is 0 Å². The van der Waals surface area contributed by atoms with Gasteiger partial charge in [0.2, 0.25) is 0 Å². The smallest absolute Gasteiger partial charge is 0.119 e. The molecule has 0 amide bonds. The van der Waals surface area contributed by atoms with E-state index in [9.17, 15) is 5.11 Å². The van der Waals surface area contributed by atoms with Gasteiger partial charge in [0.1, 0.15) is 12.4 Å². The van der Waals surface area contributed by atoms with Crippen molar-refractivity contribution in [1.29, 1.82) is 0 Å². The molecule has 0 saturated heterocycles. The average Bonchev–Trinajstić information content (AvgIpc) is 2.36. The largest absolute Gasteiger partial charge is 0.492 e. The van der Waals surface area contributed by atoms with Gasteiger partial charge < -0.3 is 14.7 Å². The highest BCUT2D eigenvalue weighted by Crippen LogP contribution is 2.27. The lowest BCUT2D eigenvalue weighted by Crippen LogP contribution is -2.38. The van der Waals surface area contributed by atoms with Gasteiger partial charge >= 0.3 is 0 Å². The fourth-order valence-electron chi connectivity index (χ4n) is 3.09. The standard InChI is InChI=1S/C18H29NO2/c1-13(2)18-6-5-17(9-14(18)3)21-8-7-19(4)12-15-10-16(20)11-15/h5-6,9,13,15-16,20H,7-8,10-12H2,1-4H3. The first-order valence-corrected chi connectivity index (χ1v) is 8.05. The zero-order chi connectivity index (χ0) is 15.4. The second-order valence-corrected chi connectivity index (χ2v) is 6.78. The van der Waals surface area contributed by atoms with Crippen molar-refractivity contribution in [1.82, 2.24) is 4.90 Å². The minimum absolute atomic E-state index is 0.0536. The SMILES string of the molecule is Cc1cc(OCCN(C)CC2CC(O)C2)ccc1C(C)C. The Morgan fingerprint density at radius 2 is 2.05 bits per heavy atom. The molecule has 3 nitrogen and oxygen atoms in total. The number of ether oxygens (including phenoxy) is 1. The summed E-state index contributed by atoms with van der Waals surface area (Å²) in [6, 6.07) is 6.39. The van der Waals surface area contributed by atoms with Crippen molar-refractivity contribution in [2.24, 2.45) is 5.92 Å². The molecule has 0 radical (unpaired) electrons. The van der Waals surface area contributed by atoms with E-state index in [0.717, 1.165) is 31.7 Å². The number of benzene rings is 1. The van der Waals surface area contributed by atoms with E-state index < -0.39 is 0 Å². The Labute approximate surface area is 128 Å². The fourth-order valence-corrected chi connectivity index (χ4v) is 3.09. The summed E-state index contributed by atoms with van der Waals surface area (Å²) in [4.78, 5) is 2.30. The van der Waals surface area contributed by atoms with Gasteiger partial charge in [0.05, 0.1) is 6.10 Å². The summed E-state index contributed by atoms with van der Waals surface area (Å²) >= 11 is 0. The van der Waals surface area contributed by atoms with Crippen molar-refractivity contribution in [3.8, 4) is 5.75 Å². The van der Waals surface area contributed by atoms with Crippen LogP contribution in [0.2, 0.25) is 0 Å². The molecule has 1 aromatic rings. The summed E-state index contributed by atoms with van der Waals surface area (Å²) in [6.45, 7) is 9.29. The molecular formula is C18H29NO2. The van der Waals surface area contributed by atoms with Gasteiger partial charge in [-0.25, -0.2) is 0 Å². The van der Waals surface area contributed by atoms with Crippen LogP contribution in [-0.2, 0) is 0 Å². The highest BCUT2D eigenvalue weighted by molar-refractivity contribution is 5.36. The maximum Gasteiger partial charge on any atom is 0.119 e. The lowest BCUT2D eigenvalue weighted by Gasteiger charge is -2.34. The molecule has 1 aliphatic rings. The van der Waals surface area contributed by atoms with Crippen molar-refractivity contribution < 1.29 is 9.84 Å². The predicted octanol–water partition coefficient (Wildman–Crippen LogP) is 3.20. The summed E-state index contributed by atoms with van der Waals surface area (Å²) in [5, 5.41) is 9.30. The minimum Gasteiger partial charge on any atom is -0.492 e. The molecular weight excluding hydrogens is 262 g/mol. The molecule has 0 heterocycles. The van der Waals surface area contributed by atoms with E-state index in [-0.39, 0.29) is 6.10 Å². The Hall–Kier alpha value is -1.06. The van der Waals surface area contributed by atoms with Crippen molar-refractivity contribution >= 4 is 0 Å². The molecule has 0 aliphatic heterocycles. The molecule has 1 aromatic carbocycles. The van der Waals surface area contributed by atoms with E-state index in [0.29, 0.717) is 18.4 Å². The number of likely N-dealkylation sites (N-methyl/N-ethyl adjacent to an activating group) is 1. The van der Waals surface area contributed by atoms with Gasteiger partial charge in [0, 0.05) is 13.1 Å². The van der Waals surface area contributed by atoms with Crippen LogP contribution in [0.1, 0.15) is 43.7 Å².